The SMILES string of the molecule is COc1ccc(COC2COC(O)C(N3C(=O)c4c(Cl)c(Cl)c(Cl)c(Cl)c4C3=O)C2OCc2ccc(OC)cc2)cc1. The van der Waals surface area contributed by atoms with Gasteiger partial charge in [0.25, 0.3) is 11.8 Å². The lowest BCUT2D eigenvalue weighted by Gasteiger charge is -2.43. The third-order valence-corrected chi connectivity index (χ3v) is 8.88. The minimum absolute atomic E-state index is 0.0581. The summed E-state index contributed by atoms with van der Waals surface area (Å²) >= 11 is 25.1. The lowest BCUT2D eigenvalue weighted by molar-refractivity contribution is -0.248. The minimum Gasteiger partial charge on any atom is -0.497 e. The van der Waals surface area contributed by atoms with Crippen LogP contribution >= 0.6 is 46.4 Å². The average molecular weight is 657 g/mol. The Labute approximate surface area is 261 Å². The number of carbonyl (C=O) groups is 2. The third kappa shape index (κ3) is 5.80. The molecule has 222 valence electrons. The average Bonchev–Trinajstić information content (AvgIpc) is 3.27. The lowest BCUT2D eigenvalue weighted by atomic mass is 10.00. The van der Waals surface area contributed by atoms with Crippen molar-refractivity contribution in [3.63, 3.8) is 0 Å². The Morgan fingerprint density at radius 2 is 1.21 bits per heavy atom. The van der Waals surface area contributed by atoms with Crippen molar-refractivity contribution in [1.82, 2.24) is 4.90 Å². The second kappa shape index (κ2) is 13.0. The van der Waals surface area contributed by atoms with Crippen LogP contribution in [0.3, 0.4) is 0 Å². The number of fused-ring (bicyclic) bond motifs is 1. The second-order valence-electron chi connectivity index (χ2n) is 9.52. The highest BCUT2D eigenvalue weighted by atomic mass is 35.5. The van der Waals surface area contributed by atoms with E-state index in [9.17, 15) is 14.7 Å². The molecule has 1 saturated heterocycles. The Bertz CT molecular complexity index is 1440. The van der Waals surface area contributed by atoms with E-state index < -0.39 is 36.4 Å². The lowest BCUT2D eigenvalue weighted by Crippen LogP contribution is -2.63. The first kappa shape index (κ1) is 30.8. The number of nitrogens with zero attached hydrogens (tertiary/aromatic N) is 1. The number of rotatable bonds is 9. The summed E-state index contributed by atoms with van der Waals surface area (Å²) in [6.45, 7) is 0.125. The van der Waals surface area contributed by atoms with Gasteiger partial charge in [0.1, 0.15) is 29.7 Å². The van der Waals surface area contributed by atoms with Gasteiger partial charge in [-0.15, -0.1) is 0 Å². The molecule has 2 aliphatic heterocycles. The van der Waals surface area contributed by atoms with Crippen molar-refractivity contribution >= 4 is 58.2 Å². The van der Waals surface area contributed by atoms with Crippen LogP contribution in [-0.2, 0) is 27.4 Å². The smallest absolute Gasteiger partial charge is 0.263 e. The summed E-state index contributed by atoms with van der Waals surface area (Å²) in [6.07, 6.45) is -3.45. The van der Waals surface area contributed by atoms with Crippen molar-refractivity contribution in [2.45, 2.75) is 37.8 Å². The van der Waals surface area contributed by atoms with Gasteiger partial charge in [-0.2, -0.15) is 0 Å². The van der Waals surface area contributed by atoms with Crippen molar-refractivity contribution in [2.24, 2.45) is 0 Å². The van der Waals surface area contributed by atoms with Crippen LogP contribution in [0.5, 0.6) is 11.5 Å². The Balaban J connectivity index is 1.47. The first-order valence-corrected chi connectivity index (χ1v) is 14.2. The van der Waals surface area contributed by atoms with Crippen LogP contribution in [0, 0.1) is 0 Å². The predicted molar refractivity (Wildman–Crippen MR) is 156 cm³/mol. The van der Waals surface area contributed by atoms with Gasteiger partial charge >= 0.3 is 0 Å². The van der Waals surface area contributed by atoms with Crippen LogP contribution in [0.2, 0.25) is 20.1 Å². The molecule has 9 nitrogen and oxygen atoms in total. The molecule has 0 saturated carbocycles. The van der Waals surface area contributed by atoms with Crippen molar-refractivity contribution < 1.29 is 38.4 Å². The number of hydrogen-bond donors (Lipinski definition) is 1. The molecule has 5 rings (SSSR count). The molecule has 13 heteroatoms. The first-order valence-electron chi connectivity index (χ1n) is 12.7. The fraction of sp³-hybridized carbons (Fsp3) is 0.310. The van der Waals surface area contributed by atoms with E-state index in [2.05, 4.69) is 0 Å². The summed E-state index contributed by atoms with van der Waals surface area (Å²) in [5.41, 5.74) is 1.17. The van der Waals surface area contributed by atoms with E-state index in [1.807, 2.05) is 24.3 Å². The van der Waals surface area contributed by atoms with Gasteiger partial charge in [0, 0.05) is 0 Å². The number of hydrogen-bond acceptors (Lipinski definition) is 8. The van der Waals surface area contributed by atoms with Gasteiger partial charge in [0.2, 0.25) is 0 Å². The van der Waals surface area contributed by atoms with Crippen LogP contribution in [0.25, 0.3) is 0 Å². The van der Waals surface area contributed by atoms with Gasteiger partial charge in [0.15, 0.2) is 6.29 Å². The van der Waals surface area contributed by atoms with Crippen molar-refractivity contribution in [3.05, 3.63) is 90.9 Å². The third-order valence-electron chi connectivity index (χ3n) is 7.08. The van der Waals surface area contributed by atoms with Gasteiger partial charge < -0.3 is 28.8 Å². The van der Waals surface area contributed by atoms with Gasteiger partial charge in [-0.3, -0.25) is 14.5 Å². The van der Waals surface area contributed by atoms with Crippen LogP contribution in [0.1, 0.15) is 31.8 Å². The number of carbonyl (C=O) groups excluding carboxylic acids is 2. The monoisotopic (exact) mass is 655 g/mol. The highest BCUT2D eigenvalue weighted by molar-refractivity contribution is 6.55. The van der Waals surface area contributed by atoms with Gasteiger partial charge in [0.05, 0.1) is 65.3 Å². The number of ether oxygens (including phenoxy) is 5. The Hall–Kier alpha value is -2.60. The molecule has 1 N–H and O–H groups in total. The van der Waals surface area contributed by atoms with Gasteiger partial charge in [-0.05, 0) is 35.4 Å². The van der Waals surface area contributed by atoms with Crippen LogP contribution < -0.4 is 9.47 Å². The zero-order chi connectivity index (χ0) is 30.1. The van der Waals surface area contributed by atoms with Gasteiger partial charge in [-0.1, -0.05) is 70.7 Å². The molecule has 2 aliphatic rings. The van der Waals surface area contributed by atoms with Crippen LogP contribution in [-0.4, -0.2) is 67.2 Å². The molecule has 0 spiro atoms. The number of amides is 2. The maximum absolute atomic E-state index is 13.7. The Morgan fingerprint density at radius 3 is 1.67 bits per heavy atom. The summed E-state index contributed by atoms with van der Waals surface area (Å²) in [5.74, 6) is -0.313. The van der Waals surface area contributed by atoms with Crippen molar-refractivity contribution in [3.8, 4) is 11.5 Å². The molecule has 0 aliphatic carbocycles. The van der Waals surface area contributed by atoms with Crippen LogP contribution in [0.15, 0.2) is 48.5 Å². The number of methoxy groups -OCH3 is 2. The molecule has 4 unspecified atom stereocenters. The van der Waals surface area contributed by atoms with E-state index in [4.69, 9.17) is 70.1 Å². The van der Waals surface area contributed by atoms with E-state index >= 15 is 0 Å². The van der Waals surface area contributed by atoms with Crippen molar-refractivity contribution in [2.75, 3.05) is 20.8 Å². The van der Waals surface area contributed by atoms with E-state index in [1.54, 1.807) is 38.5 Å². The highest BCUT2D eigenvalue weighted by Crippen LogP contribution is 2.46. The Kier molecular flexibility index (Phi) is 9.51. The molecule has 3 aromatic rings. The standard InChI is InChI=1S/C29H25Cl4NO8/c1-38-16-7-3-14(4-8-16)11-40-18-13-42-29(37)25(26(18)41-12-15-5-9-17(39-2)10-6-15)34-27(35)19-20(28(34)36)22(31)24(33)23(32)21(19)30/h3-10,18,25-26,29,37H,11-13H2,1-2H3. The molecule has 0 radical (unpaired) electrons. The molecule has 3 aromatic carbocycles. The molecular weight excluding hydrogens is 632 g/mol. The van der Waals surface area contributed by atoms with Crippen molar-refractivity contribution in [1.29, 1.82) is 0 Å². The van der Waals surface area contributed by atoms with E-state index in [0.29, 0.717) is 11.5 Å². The summed E-state index contributed by atoms with van der Waals surface area (Å²) in [5, 5.41) is 10.2. The quantitative estimate of drug-likeness (QED) is 0.175. The number of benzene rings is 3. The second-order valence-corrected chi connectivity index (χ2v) is 11.0. The zero-order valence-corrected chi connectivity index (χ0v) is 25.3. The fourth-order valence-electron chi connectivity index (χ4n) is 4.87. The fourth-order valence-corrected chi connectivity index (χ4v) is 5.88. The summed E-state index contributed by atoms with van der Waals surface area (Å²) in [6, 6.07) is 13.1. The largest absolute Gasteiger partial charge is 0.497 e. The summed E-state index contributed by atoms with van der Waals surface area (Å²) < 4.78 is 28.5. The maximum atomic E-state index is 13.7. The molecule has 0 aromatic heterocycles. The summed E-state index contributed by atoms with van der Waals surface area (Å²) in [4.78, 5) is 28.2. The van der Waals surface area contributed by atoms with Gasteiger partial charge in [-0.25, -0.2) is 0 Å². The molecular formula is C29H25Cl4NO8. The molecule has 4 atom stereocenters. The number of halogens is 4. The van der Waals surface area contributed by atoms with E-state index in [1.165, 1.54) is 0 Å². The molecule has 0 bridgehead atoms. The normalized spacial score (nSPS) is 21.9. The van der Waals surface area contributed by atoms with E-state index in [-0.39, 0.29) is 51.0 Å². The zero-order valence-electron chi connectivity index (χ0n) is 22.3. The van der Waals surface area contributed by atoms with E-state index in [0.717, 1.165) is 16.0 Å². The number of aliphatic hydroxyl groups excluding tert-OH is 1. The summed E-state index contributed by atoms with van der Waals surface area (Å²) in [7, 11) is 3.13. The Morgan fingerprint density at radius 1 is 0.762 bits per heavy atom. The number of aliphatic hydroxyl groups is 1. The minimum atomic E-state index is -1.61. The topological polar surface area (TPSA) is 104 Å². The maximum Gasteiger partial charge on any atom is 0.263 e. The first-order chi connectivity index (χ1) is 20.2. The molecule has 2 heterocycles. The molecule has 1 fully saturated rings. The molecule has 2 amide bonds. The number of imide groups is 1. The molecule has 42 heavy (non-hydrogen) atoms. The van der Waals surface area contributed by atoms with Crippen LogP contribution in [0.4, 0.5) is 0 Å². The predicted octanol–water partition coefficient (Wildman–Crippen LogP) is 5.80. The highest BCUT2D eigenvalue weighted by Gasteiger charge is 2.53.